The molecule has 1 N–H and O–H groups in total. The molecule has 8 nitrogen and oxygen atoms in total. The van der Waals surface area contributed by atoms with Crippen molar-refractivity contribution >= 4 is 17.6 Å². The average Bonchev–Trinajstić information content (AvgIpc) is 2.70. The SMILES string of the molecule is COC(=O)c1ccccc1NC(=O)Cn1nc(-c2ccncc2)ccc1=O. The number of anilines is 1. The van der Waals surface area contributed by atoms with Crippen molar-refractivity contribution in [3.05, 3.63) is 76.8 Å². The van der Waals surface area contributed by atoms with Gasteiger partial charge in [-0.25, -0.2) is 9.48 Å². The molecule has 0 bridgehead atoms. The number of nitrogens with one attached hydrogen (secondary N) is 1. The molecular formula is C19H16N4O4. The van der Waals surface area contributed by atoms with Crippen molar-refractivity contribution in [3.63, 3.8) is 0 Å². The van der Waals surface area contributed by atoms with Crippen LogP contribution in [0, 0.1) is 0 Å². The number of rotatable bonds is 5. The highest BCUT2D eigenvalue weighted by Gasteiger charge is 2.14. The summed E-state index contributed by atoms with van der Waals surface area (Å²) in [4.78, 5) is 40.1. The molecule has 136 valence electrons. The molecule has 0 spiro atoms. The van der Waals surface area contributed by atoms with Crippen LogP contribution < -0.4 is 10.9 Å². The summed E-state index contributed by atoms with van der Waals surface area (Å²) in [7, 11) is 1.26. The third-order valence-corrected chi connectivity index (χ3v) is 3.74. The van der Waals surface area contributed by atoms with Crippen LogP contribution in [0.5, 0.6) is 0 Å². The highest BCUT2D eigenvalue weighted by Crippen LogP contribution is 2.16. The Morgan fingerprint density at radius 2 is 1.81 bits per heavy atom. The third kappa shape index (κ3) is 4.24. The number of esters is 1. The molecule has 2 aromatic heterocycles. The van der Waals surface area contributed by atoms with E-state index in [2.05, 4.69) is 15.4 Å². The standard InChI is InChI=1S/C19H16N4O4/c1-27-19(26)14-4-2-3-5-16(14)21-17(24)12-23-18(25)7-6-15(22-23)13-8-10-20-11-9-13/h2-11H,12H2,1H3,(H,21,24). The number of methoxy groups -OCH3 is 1. The molecule has 0 radical (unpaired) electrons. The van der Waals surface area contributed by atoms with Gasteiger partial charge in [0.1, 0.15) is 6.54 Å². The van der Waals surface area contributed by atoms with Crippen molar-refractivity contribution in [3.8, 4) is 11.3 Å². The molecular weight excluding hydrogens is 348 g/mol. The first kappa shape index (κ1) is 18.0. The number of amides is 1. The highest BCUT2D eigenvalue weighted by atomic mass is 16.5. The molecule has 0 aliphatic heterocycles. The van der Waals surface area contributed by atoms with Gasteiger partial charge in [-0.3, -0.25) is 14.6 Å². The quantitative estimate of drug-likeness (QED) is 0.692. The van der Waals surface area contributed by atoms with Crippen LogP contribution in [0.4, 0.5) is 5.69 Å². The minimum Gasteiger partial charge on any atom is -0.465 e. The van der Waals surface area contributed by atoms with Gasteiger partial charge in [0.15, 0.2) is 0 Å². The lowest BCUT2D eigenvalue weighted by atomic mass is 10.2. The number of nitrogens with zero attached hydrogens (tertiary/aromatic N) is 3. The molecule has 0 saturated heterocycles. The van der Waals surface area contributed by atoms with E-state index in [4.69, 9.17) is 4.74 Å². The Bertz CT molecular complexity index is 1030. The maximum absolute atomic E-state index is 12.4. The number of pyridine rings is 1. The van der Waals surface area contributed by atoms with Crippen molar-refractivity contribution in [2.45, 2.75) is 6.54 Å². The molecule has 27 heavy (non-hydrogen) atoms. The molecule has 0 fully saturated rings. The van der Waals surface area contributed by atoms with E-state index >= 15 is 0 Å². The van der Waals surface area contributed by atoms with Gasteiger partial charge >= 0.3 is 5.97 Å². The van der Waals surface area contributed by atoms with E-state index in [0.29, 0.717) is 11.4 Å². The highest BCUT2D eigenvalue weighted by molar-refractivity contribution is 6.01. The summed E-state index contributed by atoms with van der Waals surface area (Å²) >= 11 is 0. The predicted octanol–water partition coefficient (Wildman–Crippen LogP) is 1.73. The number of ether oxygens (including phenoxy) is 1. The van der Waals surface area contributed by atoms with E-state index in [1.54, 1.807) is 48.8 Å². The second kappa shape index (κ2) is 8.05. The van der Waals surface area contributed by atoms with Crippen LogP contribution >= 0.6 is 0 Å². The van der Waals surface area contributed by atoms with Crippen LogP contribution in [0.1, 0.15) is 10.4 Å². The summed E-state index contributed by atoms with van der Waals surface area (Å²) in [6, 6.07) is 12.9. The topological polar surface area (TPSA) is 103 Å². The number of carbonyl (C=O) groups is 2. The first-order valence-electron chi connectivity index (χ1n) is 8.04. The molecule has 3 rings (SSSR count). The Labute approximate surface area is 154 Å². The lowest BCUT2D eigenvalue weighted by Crippen LogP contribution is -2.29. The van der Waals surface area contributed by atoms with Gasteiger partial charge in [-0.05, 0) is 30.3 Å². The molecule has 0 unspecified atom stereocenters. The number of hydrogen-bond donors (Lipinski definition) is 1. The summed E-state index contributed by atoms with van der Waals surface area (Å²) in [6.07, 6.45) is 3.23. The maximum atomic E-state index is 12.4. The predicted molar refractivity (Wildman–Crippen MR) is 98.1 cm³/mol. The first-order chi connectivity index (χ1) is 13.1. The van der Waals surface area contributed by atoms with Crippen molar-refractivity contribution in [2.24, 2.45) is 0 Å². The molecule has 0 aliphatic carbocycles. The van der Waals surface area contributed by atoms with E-state index in [-0.39, 0.29) is 12.1 Å². The van der Waals surface area contributed by atoms with Crippen LogP contribution in [0.25, 0.3) is 11.3 Å². The Morgan fingerprint density at radius 3 is 2.56 bits per heavy atom. The molecule has 1 aromatic carbocycles. The normalized spacial score (nSPS) is 10.3. The molecule has 1 amide bonds. The van der Waals surface area contributed by atoms with Crippen molar-refractivity contribution in [1.29, 1.82) is 0 Å². The average molecular weight is 364 g/mol. The summed E-state index contributed by atoms with van der Waals surface area (Å²) in [6.45, 7) is -0.298. The number of benzene rings is 1. The van der Waals surface area contributed by atoms with Gasteiger partial charge in [0, 0.05) is 24.0 Å². The van der Waals surface area contributed by atoms with Gasteiger partial charge in [-0.15, -0.1) is 0 Å². The summed E-state index contributed by atoms with van der Waals surface area (Å²) in [5, 5.41) is 6.83. The minimum absolute atomic E-state index is 0.221. The fourth-order valence-corrected chi connectivity index (χ4v) is 2.44. The van der Waals surface area contributed by atoms with E-state index in [0.717, 1.165) is 10.2 Å². The first-order valence-corrected chi connectivity index (χ1v) is 8.04. The smallest absolute Gasteiger partial charge is 0.339 e. The zero-order chi connectivity index (χ0) is 19.2. The largest absolute Gasteiger partial charge is 0.465 e. The van der Waals surface area contributed by atoms with Gasteiger partial charge in [-0.2, -0.15) is 5.10 Å². The fourth-order valence-electron chi connectivity index (χ4n) is 2.44. The van der Waals surface area contributed by atoms with E-state index < -0.39 is 17.4 Å². The lowest BCUT2D eigenvalue weighted by Gasteiger charge is -2.11. The monoisotopic (exact) mass is 364 g/mol. The Kier molecular flexibility index (Phi) is 5.36. The van der Waals surface area contributed by atoms with Gasteiger partial charge in [-0.1, -0.05) is 12.1 Å². The third-order valence-electron chi connectivity index (χ3n) is 3.74. The molecule has 2 heterocycles. The van der Waals surface area contributed by atoms with Crippen LogP contribution in [0.15, 0.2) is 65.7 Å². The molecule has 0 saturated carbocycles. The Hall–Kier alpha value is -3.81. The van der Waals surface area contributed by atoms with E-state index in [9.17, 15) is 14.4 Å². The van der Waals surface area contributed by atoms with Crippen LogP contribution in [0.2, 0.25) is 0 Å². The molecule has 8 heteroatoms. The second-order valence-electron chi connectivity index (χ2n) is 5.54. The molecule has 0 aliphatic rings. The summed E-state index contributed by atoms with van der Waals surface area (Å²) in [5.41, 5.74) is 1.42. The summed E-state index contributed by atoms with van der Waals surface area (Å²) < 4.78 is 5.76. The van der Waals surface area contributed by atoms with E-state index in [1.807, 2.05) is 0 Å². The van der Waals surface area contributed by atoms with Gasteiger partial charge < -0.3 is 10.1 Å². The Morgan fingerprint density at radius 1 is 1.07 bits per heavy atom. The van der Waals surface area contributed by atoms with Crippen LogP contribution in [-0.4, -0.2) is 33.8 Å². The Balaban J connectivity index is 1.81. The van der Waals surface area contributed by atoms with Gasteiger partial charge in [0.2, 0.25) is 5.91 Å². The van der Waals surface area contributed by atoms with Crippen LogP contribution in [-0.2, 0) is 16.1 Å². The number of carbonyl (C=O) groups excluding carboxylic acids is 2. The van der Waals surface area contributed by atoms with Crippen LogP contribution in [0.3, 0.4) is 0 Å². The zero-order valence-electron chi connectivity index (χ0n) is 14.5. The number of hydrogen-bond acceptors (Lipinski definition) is 6. The molecule has 3 aromatic rings. The number of para-hydroxylation sites is 1. The minimum atomic E-state index is -0.569. The van der Waals surface area contributed by atoms with Crippen molar-refractivity contribution in [1.82, 2.24) is 14.8 Å². The fraction of sp³-hybridized carbons (Fsp3) is 0.105. The second-order valence-corrected chi connectivity index (χ2v) is 5.54. The molecule has 0 atom stereocenters. The summed E-state index contributed by atoms with van der Waals surface area (Å²) in [5.74, 6) is -1.06. The van der Waals surface area contributed by atoms with Gasteiger partial charge in [0.05, 0.1) is 24.1 Å². The maximum Gasteiger partial charge on any atom is 0.339 e. The zero-order valence-corrected chi connectivity index (χ0v) is 14.5. The number of aromatic nitrogens is 3. The van der Waals surface area contributed by atoms with E-state index in [1.165, 1.54) is 19.2 Å². The van der Waals surface area contributed by atoms with Crippen molar-refractivity contribution in [2.75, 3.05) is 12.4 Å². The lowest BCUT2D eigenvalue weighted by molar-refractivity contribution is -0.117. The van der Waals surface area contributed by atoms with Gasteiger partial charge in [0.25, 0.3) is 5.56 Å². The van der Waals surface area contributed by atoms with Crippen molar-refractivity contribution < 1.29 is 14.3 Å².